The molecule has 0 saturated heterocycles. The number of carbonyl (C=O) groups is 7. The van der Waals surface area contributed by atoms with Gasteiger partial charge in [0.2, 0.25) is 29.5 Å². The largest absolute Gasteiger partial charge is 0.508 e. The van der Waals surface area contributed by atoms with Gasteiger partial charge in [0.1, 0.15) is 29.6 Å². The number of benzene rings is 3. The lowest BCUT2D eigenvalue weighted by Crippen LogP contribution is -2.54. The van der Waals surface area contributed by atoms with E-state index in [0.717, 1.165) is 11.1 Å². The fourth-order valence-electron chi connectivity index (χ4n) is 6.64. The fraction of sp³-hybridized carbons (Fsp3) is 0.419. The molecule has 0 aliphatic carbocycles. The molecule has 0 bridgehead atoms. The minimum absolute atomic E-state index is 0.00926. The minimum atomic E-state index is -1.21. The summed E-state index contributed by atoms with van der Waals surface area (Å²) in [5, 5.41) is 32.1. The first-order valence-electron chi connectivity index (χ1n) is 19.0. The van der Waals surface area contributed by atoms with E-state index in [4.69, 9.17) is 4.74 Å². The zero-order valence-corrected chi connectivity index (χ0v) is 34.1. The van der Waals surface area contributed by atoms with E-state index in [0.29, 0.717) is 22.4 Å². The van der Waals surface area contributed by atoms with Crippen molar-refractivity contribution in [3.05, 3.63) is 94.5 Å². The van der Waals surface area contributed by atoms with Crippen LogP contribution in [0.1, 0.15) is 75.3 Å². The van der Waals surface area contributed by atoms with Gasteiger partial charge in [0.25, 0.3) is 0 Å². The molecule has 0 aliphatic rings. The van der Waals surface area contributed by atoms with Crippen LogP contribution >= 0.6 is 0 Å². The van der Waals surface area contributed by atoms with Crippen LogP contribution in [0.15, 0.2) is 66.7 Å². The predicted molar refractivity (Wildman–Crippen MR) is 216 cm³/mol. The van der Waals surface area contributed by atoms with Crippen molar-refractivity contribution in [3.63, 3.8) is 0 Å². The standard InChI is InChI=1S/C43H55N5O10/c1-25(2)17-34(42(56)57)48-41(55)33(20-29-11-9-8-10-12-29)47-38(53)24-44-37(52)23-45-40(54)32(21-30-13-15-31(50)16-14-30)46-36(51)22-43(6,7)39-27(4)18-26(3)19-35(39)58-28(5)49/h8-16,18-19,25,32-34,50H,17,20-24H2,1-7H3,(H,44,52)(H,45,54)(H,46,51)(H,47,53)(H,48,55)(H,56,57)/t32-,33-,34-/m0/s1. The first-order chi connectivity index (χ1) is 27.2. The minimum Gasteiger partial charge on any atom is -0.508 e. The van der Waals surface area contributed by atoms with Gasteiger partial charge in [0, 0.05) is 37.2 Å². The maximum absolute atomic E-state index is 13.6. The number of amides is 5. The number of hydrogen-bond acceptors (Lipinski definition) is 9. The van der Waals surface area contributed by atoms with E-state index in [9.17, 15) is 43.8 Å². The monoisotopic (exact) mass is 801 g/mol. The molecule has 5 amide bonds. The van der Waals surface area contributed by atoms with Crippen LogP contribution in [0.2, 0.25) is 0 Å². The zero-order chi connectivity index (χ0) is 43.2. The number of nitrogens with one attached hydrogen (secondary N) is 5. The smallest absolute Gasteiger partial charge is 0.326 e. The van der Waals surface area contributed by atoms with Crippen LogP contribution in [0.25, 0.3) is 0 Å². The summed E-state index contributed by atoms with van der Waals surface area (Å²) in [6.45, 7) is 11.2. The van der Waals surface area contributed by atoms with E-state index in [1.54, 1.807) is 48.5 Å². The summed E-state index contributed by atoms with van der Waals surface area (Å²) >= 11 is 0. The Labute approximate surface area is 338 Å². The summed E-state index contributed by atoms with van der Waals surface area (Å²) in [5.74, 6) is -4.75. The average Bonchev–Trinajstić information content (AvgIpc) is 3.12. The topological polar surface area (TPSA) is 229 Å². The van der Waals surface area contributed by atoms with Gasteiger partial charge in [-0.2, -0.15) is 0 Å². The molecule has 58 heavy (non-hydrogen) atoms. The Kier molecular flexibility index (Phi) is 17.0. The lowest BCUT2D eigenvalue weighted by Gasteiger charge is -2.29. The summed E-state index contributed by atoms with van der Waals surface area (Å²) in [6, 6.07) is 15.0. The van der Waals surface area contributed by atoms with Gasteiger partial charge in [-0.1, -0.05) is 76.2 Å². The van der Waals surface area contributed by atoms with E-state index in [1.165, 1.54) is 19.1 Å². The molecule has 3 aromatic rings. The summed E-state index contributed by atoms with van der Waals surface area (Å²) in [7, 11) is 0. The maximum atomic E-state index is 13.6. The van der Waals surface area contributed by atoms with Crippen molar-refractivity contribution in [1.82, 2.24) is 26.6 Å². The Balaban J connectivity index is 1.67. The van der Waals surface area contributed by atoms with Gasteiger partial charge in [-0.3, -0.25) is 28.8 Å². The molecule has 312 valence electrons. The quantitative estimate of drug-likeness (QED) is 0.0653. The lowest BCUT2D eigenvalue weighted by molar-refractivity contribution is -0.142. The van der Waals surface area contributed by atoms with Gasteiger partial charge in [-0.15, -0.1) is 0 Å². The van der Waals surface area contributed by atoms with Crippen molar-refractivity contribution in [2.45, 2.75) is 97.7 Å². The summed E-state index contributed by atoms with van der Waals surface area (Å²) in [5.41, 5.74) is 2.82. The molecule has 0 heterocycles. The molecule has 3 atom stereocenters. The normalized spacial score (nSPS) is 12.7. The Morgan fingerprint density at radius 2 is 1.28 bits per heavy atom. The number of phenolic OH excluding ortho intramolecular Hbond substituents is 1. The van der Waals surface area contributed by atoms with E-state index in [1.807, 2.05) is 47.6 Å². The number of carboxylic acid groups (broad SMARTS) is 1. The number of carbonyl (C=O) groups excluding carboxylic acids is 6. The number of rotatable bonds is 20. The molecule has 0 radical (unpaired) electrons. The van der Waals surface area contributed by atoms with Gasteiger partial charge >= 0.3 is 11.9 Å². The highest BCUT2D eigenvalue weighted by Crippen LogP contribution is 2.38. The number of aryl methyl sites for hydroxylation is 2. The summed E-state index contributed by atoms with van der Waals surface area (Å²) in [6.07, 6.45) is 0.144. The van der Waals surface area contributed by atoms with Gasteiger partial charge in [-0.25, -0.2) is 4.79 Å². The third-order valence-electron chi connectivity index (χ3n) is 9.13. The second-order valence-corrected chi connectivity index (χ2v) is 15.4. The maximum Gasteiger partial charge on any atom is 0.326 e. The summed E-state index contributed by atoms with van der Waals surface area (Å²) in [4.78, 5) is 89.8. The van der Waals surface area contributed by atoms with Crippen LogP contribution in [0.3, 0.4) is 0 Å². The third kappa shape index (κ3) is 15.0. The SMILES string of the molecule is CC(=O)Oc1cc(C)cc(C)c1C(C)(C)CC(=O)N[C@@H](Cc1ccc(O)cc1)C(=O)NCC(=O)NCC(=O)N[C@@H](Cc1ccccc1)C(=O)N[C@@H](CC(C)C)C(=O)O. The number of aliphatic carboxylic acids is 1. The van der Waals surface area contributed by atoms with Crippen molar-refractivity contribution in [2.75, 3.05) is 13.1 Å². The first-order valence-corrected chi connectivity index (χ1v) is 19.0. The van der Waals surface area contributed by atoms with E-state index >= 15 is 0 Å². The number of aromatic hydroxyl groups is 1. The zero-order valence-electron chi connectivity index (χ0n) is 34.1. The number of esters is 1. The van der Waals surface area contributed by atoms with Crippen molar-refractivity contribution in [2.24, 2.45) is 5.92 Å². The van der Waals surface area contributed by atoms with Crippen molar-refractivity contribution in [1.29, 1.82) is 0 Å². The second kappa shape index (κ2) is 21.3. The van der Waals surface area contributed by atoms with Crippen molar-refractivity contribution < 1.29 is 48.5 Å². The Morgan fingerprint density at radius 3 is 1.86 bits per heavy atom. The van der Waals surface area contributed by atoms with Gasteiger partial charge < -0.3 is 41.5 Å². The van der Waals surface area contributed by atoms with E-state index < -0.39 is 78.1 Å². The highest BCUT2D eigenvalue weighted by atomic mass is 16.5. The number of carboxylic acids is 1. The molecule has 0 unspecified atom stereocenters. The van der Waals surface area contributed by atoms with E-state index in [2.05, 4.69) is 26.6 Å². The number of phenols is 1. The second-order valence-electron chi connectivity index (χ2n) is 15.4. The Bertz CT molecular complexity index is 1950. The molecule has 0 saturated carbocycles. The highest BCUT2D eigenvalue weighted by Gasteiger charge is 2.32. The van der Waals surface area contributed by atoms with Crippen LogP contribution in [0, 0.1) is 19.8 Å². The van der Waals surface area contributed by atoms with Crippen LogP contribution in [-0.4, -0.2) is 82.9 Å². The van der Waals surface area contributed by atoms with Crippen LogP contribution < -0.4 is 31.3 Å². The molecule has 0 aromatic heterocycles. The molecular formula is C43H55N5O10. The van der Waals surface area contributed by atoms with Crippen molar-refractivity contribution in [3.8, 4) is 11.5 Å². The average molecular weight is 802 g/mol. The molecule has 0 aliphatic heterocycles. The van der Waals surface area contributed by atoms with Gasteiger partial charge in [0.05, 0.1) is 13.1 Å². The Hall–Kier alpha value is -6.25. The molecule has 7 N–H and O–H groups in total. The molecule has 15 heteroatoms. The molecular weight excluding hydrogens is 746 g/mol. The molecule has 3 aromatic carbocycles. The molecule has 3 rings (SSSR count). The number of ether oxygens (including phenoxy) is 1. The molecule has 0 fully saturated rings. The van der Waals surface area contributed by atoms with Crippen molar-refractivity contribution >= 4 is 41.5 Å². The lowest BCUT2D eigenvalue weighted by atomic mass is 9.78. The van der Waals surface area contributed by atoms with Gasteiger partial charge in [0.15, 0.2) is 0 Å². The molecule has 15 nitrogen and oxygen atoms in total. The summed E-state index contributed by atoms with van der Waals surface area (Å²) < 4.78 is 5.50. The highest BCUT2D eigenvalue weighted by molar-refractivity contribution is 5.94. The third-order valence-corrected chi connectivity index (χ3v) is 9.13. The first kappa shape index (κ1) is 46.1. The fourth-order valence-corrected chi connectivity index (χ4v) is 6.64. The number of hydrogen-bond donors (Lipinski definition) is 7. The van der Waals surface area contributed by atoms with Crippen LogP contribution in [-0.2, 0) is 51.8 Å². The van der Waals surface area contributed by atoms with Gasteiger partial charge in [-0.05, 0) is 66.6 Å². The predicted octanol–water partition coefficient (Wildman–Crippen LogP) is 2.90. The van der Waals surface area contributed by atoms with Crippen LogP contribution in [0.4, 0.5) is 0 Å². The Morgan fingerprint density at radius 1 is 0.707 bits per heavy atom. The van der Waals surface area contributed by atoms with Crippen LogP contribution in [0.5, 0.6) is 11.5 Å². The molecule has 0 spiro atoms. The van der Waals surface area contributed by atoms with E-state index in [-0.39, 0.29) is 37.4 Å².